The van der Waals surface area contributed by atoms with E-state index < -0.39 is 10.0 Å². The summed E-state index contributed by atoms with van der Waals surface area (Å²) in [5, 5.41) is 8.05. The molecule has 11 heteroatoms. The topological polar surface area (TPSA) is 106 Å². The molecule has 1 fully saturated rings. The number of aromatic nitrogens is 4. The second kappa shape index (κ2) is 6.59. The second-order valence-corrected chi connectivity index (χ2v) is 8.40. The average Bonchev–Trinajstić information content (AvgIpc) is 3.15. The Morgan fingerprint density at radius 3 is 2.52 bits per heavy atom. The van der Waals surface area contributed by atoms with Gasteiger partial charge in [0.05, 0.1) is 6.67 Å². The van der Waals surface area contributed by atoms with Gasteiger partial charge in [0.2, 0.25) is 10.0 Å². The molecule has 0 saturated carbocycles. The van der Waals surface area contributed by atoms with Gasteiger partial charge in [0.1, 0.15) is 10.6 Å². The summed E-state index contributed by atoms with van der Waals surface area (Å²) in [6.07, 6.45) is 1.68. The predicted molar refractivity (Wildman–Crippen MR) is 95.8 cm³/mol. The van der Waals surface area contributed by atoms with Crippen molar-refractivity contribution in [1.29, 1.82) is 0 Å². The van der Waals surface area contributed by atoms with E-state index in [1.165, 1.54) is 13.4 Å². The maximum absolute atomic E-state index is 12.9. The highest BCUT2D eigenvalue weighted by atomic mass is 32.2. The van der Waals surface area contributed by atoms with Gasteiger partial charge in [-0.3, -0.25) is 9.30 Å². The molecule has 0 aliphatic carbocycles. The fraction of sp³-hybridized carbons (Fsp3) is 0.438. The zero-order chi connectivity index (χ0) is 19.2. The number of nitrogens with zero attached hydrogens (tertiary/aromatic N) is 6. The molecule has 144 valence electrons. The minimum absolute atomic E-state index is 0.146. The highest BCUT2D eigenvalue weighted by Crippen LogP contribution is 2.24. The van der Waals surface area contributed by atoms with Crippen LogP contribution in [-0.2, 0) is 16.7 Å². The summed E-state index contributed by atoms with van der Waals surface area (Å²) < 4.78 is 35.0. The van der Waals surface area contributed by atoms with Crippen LogP contribution in [0.3, 0.4) is 0 Å². The van der Waals surface area contributed by atoms with Crippen molar-refractivity contribution < 1.29 is 12.9 Å². The molecule has 0 bridgehead atoms. The number of hydrogen-bond acceptors (Lipinski definition) is 7. The van der Waals surface area contributed by atoms with Gasteiger partial charge in [0, 0.05) is 32.4 Å². The van der Waals surface area contributed by atoms with Crippen LogP contribution in [0.25, 0.3) is 5.65 Å². The Morgan fingerprint density at radius 2 is 1.89 bits per heavy atom. The molecule has 1 aliphatic heterocycles. The van der Waals surface area contributed by atoms with Gasteiger partial charge in [0.25, 0.3) is 0 Å². The number of rotatable bonds is 4. The molecule has 0 aromatic carbocycles. The molecule has 27 heavy (non-hydrogen) atoms. The van der Waals surface area contributed by atoms with Crippen LogP contribution < -0.4 is 5.69 Å². The summed E-state index contributed by atoms with van der Waals surface area (Å²) in [4.78, 5) is 14.5. The summed E-state index contributed by atoms with van der Waals surface area (Å²) in [7, 11) is -3.64. The van der Waals surface area contributed by atoms with E-state index in [0.717, 1.165) is 0 Å². The Labute approximate surface area is 155 Å². The monoisotopic (exact) mass is 392 g/mol. The van der Waals surface area contributed by atoms with E-state index in [-0.39, 0.29) is 10.6 Å². The van der Waals surface area contributed by atoms with Crippen LogP contribution >= 0.6 is 0 Å². The molecule has 1 aliphatic rings. The van der Waals surface area contributed by atoms with Gasteiger partial charge < -0.3 is 4.52 Å². The van der Waals surface area contributed by atoms with E-state index in [1.54, 1.807) is 32.2 Å². The van der Waals surface area contributed by atoms with Gasteiger partial charge in [-0.15, -0.1) is 5.10 Å². The fourth-order valence-electron chi connectivity index (χ4n) is 3.33. The maximum Gasteiger partial charge on any atom is 0.351 e. The van der Waals surface area contributed by atoms with E-state index in [2.05, 4.69) is 10.3 Å². The lowest BCUT2D eigenvalue weighted by molar-refractivity contribution is 0.143. The number of piperazine rings is 1. The first kappa shape index (κ1) is 17.9. The third kappa shape index (κ3) is 3.07. The van der Waals surface area contributed by atoms with E-state index >= 15 is 0 Å². The Morgan fingerprint density at radius 1 is 1.15 bits per heavy atom. The van der Waals surface area contributed by atoms with Gasteiger partial charge in [0.15, 0.2) is 11.4 Å². The highest BCUT2D eigenvalue weighted by Gasteiger charge is 2.33. The molecular weight excluding hydrogens is 372 g/mol. The van der Waals surface area contributed by atoms with Crippen molar-refractivity contribution in [3.8, 4) is 0 Å². The van der Waals surface area contributed by atoms with Crippen molar-refractivity contribution in [2.75, 3.05) is 26.2 Å². The second-order valence-electron chi connectivity index (χ2n) is 6.53. The van der Waals surface area contributed by atoms with E-state index in [9.17, 15) is 13.2 Å². The lowest BCUT2D eigenvalue weighted by Gasteiger charge is -2.33. The van der Waals surface area contributed by atoms with E-state index in [0.29, 0.717) is 49.9 Å². The number of pyridine rings is 1. The molecule has 0 N–H and O–H groups in total. The molecule has 0 unspecified atom stereocenters. The Hall–Kier alpha value is -2.50. The first-order valence-corrected chi connectivity index (χ1v) is 10.0. The van der Waals surface area contributed by atoms with Crippen LogP contribution in [0.2, 0.25) is 0 Å². The predicted octanol–water partition coefficient (Wildman–Crippen LogP) is 0.0648. The maximum atomic E-state index is 12.9. The first-order chi connectivity index (χ1) is 12.9. The molecule has 0 spiro atoms. The van der Waals surface area contributed by atoms with Gasteiger partial charge in [-0.05, 0) is 26.0 Å². The zero-order valence-electron chi connectivity index (χ0n) is 15.1. The van der Waals surface area contributed by atoms with Gasteiger partial charge in [-0.1, -0.05) is 11.2 Å². The molecular formula is C16H20N6O4S. The summed E-state index contributed by atoms with van der Waals surface area (Å²) in [6.45, 7) is 5.20. The van der Waals surface area contributed by atoms with Crippen molar-refractivity contribution in [2.45, 2.75) is 25.4 Å². The number of sulfonamides is 1. The quantitative estimate of drug-likeness (QED) is 0.618. The van der Waals surface area contributed by atoms with Crippen LogP contribution in [0.1, 0.15) is 11.5 Å². The Kier molecular flexibility index (Phi) is 4.36. The number of fused-ring (bicyclic) bond motifs is 1. The normalized spacial score (nSPS) is 17.0. The van der Waals surface area contributed by atoms with Crippen LogP contribution in [-0.4, -0.2) is 63.1 Å². The summed E-state index contributed by atoms with van der Waals surface area (Å²) in [5.41, 5.74) is 0.740. The minimum Gasteiger partial charge on any atom is -0.360 e. The molecule has 0 atom stereocenters. The van der Waals surface area contributed by atoms with Crippen molar-refractivity contribution in [2.24, 2.45) is 0 Å². The molecule has 1 saturated heterocycles. The Balaban J connectivity index is 1.47. The van der Waals surface area contributed by atoms with Crippen molar-refractivity contribution >= 4 is 15.7 Å². The Bertz CT molecular complexity index is 1120. The van der Waals surface area contributed by atoms with Crippen LogP contribution in [0.4, 0.5) is 0 Å². The summed E-state index contributed by atoms with van der Waals surface area (Å²) >= 11 is 0. The van der Waals surface area contributed by atoms with Gasteiger partial charge in [-0.25, -0.2) is 13.2 Å². The van der Waals surface area contributed by atoms with Gasteiger partial charge >= 0.3 is 5.69 Å². The SMILES string of the molecule is Cc1noc(C)c1S(=O)(=O)N1CCN(Cn2nc3ccccn3c2=O)CC1. The largest absolute Gasteiger partial charge is 0.360 e. The average molecular weight is 392 g/mol. The smallest absolute Gasteiger partial charge is 0.351 e. The molecule has 0 amide bonds. The van der Waals surface area contributed by atoms with Crippen molar-refractivity contribution in [3.05, 3.63) is 46.3 Å². The van der Waals surface area contributed by atoms with Crippen LogP contribution in [0, 0.1) is 13.8 Å². The van der Waals surface area contributed by atoms with Crippen LogP contribution in [0.15, 0.2) is 38.6 Å². The molecule has 10 nitrogen and oxygen atoms in total. The lowest BCUT2D eigenvalue weighted by Crippen LogP contribution is -2.49. The molecule has 0 radical (unpaired) electrons. The van der Waals surface area contributed by atoms with Crippen molar-refractivity contribution in [3.63, 3.8) is 0 Å². The summed E-state index contributed by atoms with van der Waals surface area (Å²) in [6, 6.07) is 5.37. The van der Waals surface area contributed by atoms with Crippen LogP contribution in [0.5, 0.6) is 0 Å². The zero-order valence-corrected chi connectivity index (χ0v) is 15.9. The third-order valence-electron chi connectivity index (χ3n) is 4.72. The summed E-state index contributed by atoms with van der Waals surface area (Å²) in [5.74, 6) is 0.297. The third-order valence-corrected chi connectivity index (χ3v) is 6.86. The van der Waals surface area contributed by atoms with E-state index in [4.69, 9.17) is 4.52 Å². The standard InChI is InChI=1S/C16H20N6O4S/c1-12-15(13(2)26-18-12)27(24,25)20-9-7-19(8-10-20)11-22-16(23)21-6-4-3-5-14(21)17-22/h3-6H,7-11H2,1-2H3. The first-order valence-electron chi connectivity index (χ1n) is 8.57. The molecule has 3 aromatic rings. The lowest BCUT2D eigenvalue weighted by atomic mass is 10.4. The molecule has 4 heterocycles. The molecule has 3 aromatic heterocycles. The molecule has 4 rings (SSSR count). The minimum atomic E-state index is -3.64. The number of hydrogen-bond donors (Lipinski definition) is 0. The number of aryl methyl sites for hydroxylation is 2. The van der Waals surface area contributed by atoms with Gasteiger partial charge in [-0.2, -0.15) is 8.99 Å². The van der Waals surface area contributed by atoms with E-state index in [1.807, 2.05) is 11.0 Å². The fourth-order valence-corrected chi connectivity index (χ4v) is 5.05. The highest BCUT2D eigenvalue weighted by molar-refractivity contribution is 7.89. The van der Waals surface area contributed by atoms with Crippen molar-refractivity contribution in [1.82, 2.24) is 28.5 Å².